The van der Waals surface area contributed by atoms with Gasteiger partial charge in [-0.3, -0.25) is 4.79 Å². The standard InChI is InChI=1S/C6H9F3O2/c1-2-5(10)11-3-4(7)6(8)9/h4,6H,2-3H2,1H3. The van der Waals surface area contributed by atoms with Crippen molar-refractivity contribution in [3.05, 3.63) is 0 Å². The highest BCUT2D eigenvalue weighted by molar-refractivity contribution is 5.68. The van der Waals surface area contributed by atoms with Crippen LogP contribution in [-0.4, -0.2) is 25.2 Å². The van der Waals surface area contributed by atoms with Gasteiger partial charge in [0.25, 0.3) is 6.43 Å². The molecule has 0 aliphatic heterocycles. The highest BCUT2D eigenvalue weighted by Gasteiger charge is 2.20. The molecule has 0 saturated heterocycles. The quantitative estimate of drug-likeness (QED) is 0.598. The van der Waals surface area contributed by atoms with Crippen LogP contribution in [0.3, 0.4) is 0 Å². The van der Waals surface area contributed by atoms with E-state index in [9.17, 15) is 18.0 Å². The lowest BCUT2D eigenvalue weighted by Gasteiger charge is -2.06. The summed E-state index contributed by atoms with van der Waals surface area (Å²) in [6, 6.07) is 0. The summed E-state index contributed by atoms with van der Waals surface area (Å²) in [5.74, 6) is -0.673. The normalized spacial score (nSPS) is 13.2. The zero-order valence-corrected chi connectivity index (χ0v) is 6.02. The molecule has 0 aromatic rings. The van der Waals surface area contributed by atoms with Crippen LogP contribution in [0.5, 0.6) is 0 Å². The molecule has 0 radical (unpaired) electrons. The maximum Gasteiger partial charge on any atom is 0.305 e. The van der Waals surface area contributed by atoms with Crippen molar-refractivity contribution in [1.82, 2.24) is 0 Å². The minimum atomic E-state index is -3.08. The van der Waals surface area contributed by atoms with E-state index < -0.39 is 25.2 Å². The van der Waals surface area contributed by atoms with Gasteiger partial charge >= 0.3 is 5.97 Å². The van der Waals surface area contributed by atoms with Gasteiger partial charge in [-0.25, -0.2) is 13.2 Å². The summed E-state index contributed by atoms with van der Waals surface area (Å²) in [7, 11) is 0. The fourth-order valence-corrected chi connectivity index (χ4v) is 0.347. The second-order valence-electron chi connectivity index (χ2n) is 1.89. The van der Waals surface area contributed by atoms with Crippen molar-refractivity contribution in [2.24, 2.45) is 0 Å². The molecule has 0 aromatic carbocycles. The Morgan fingerprint density at radius 3 is 2.36 bits per heavy atom. The van der Waals surface area contributed by atoms with Gasteiger partial charge in [-0.15, -0.1) is 0 Å². The van der Waals surface area contributed by atoms with Gasteiger partial charge in [0.15, 0.2) is 6.17 Å². The van der Waals surface area contributed by atoms with Crippen molar-refractivity contribution in [2.75, 3.05) is 6.61 Å². The molecule has 1 unspecified atom stereocenters. The average molecular weight is 170 g/mol. The second-order valence-corrected chi connectivity index (χ2v) is 1.89. The van der Waals surface area contributed by atoms with Crippen molar-refractivity contribution in [3.63, 3.8) is 0 Å². The molecule has 2 nitrogen and oxygen atoms in total. The fraction of sp³-hybridized carbons (Fsp3) is 0.833. The molecule has 0 bridgehead atoms. The summed E-state index contributed by atoms with van der Waals surface area (Å²) < 4.78 is 38.9. The summed E-state index contributed by atoms with van der Waals surface area (Å²) in [5.41, 5.74) is 0. The smallest absolute Gasteiger partial charge is 0.305 e. The highest BCUT2D eigenvalue weighted by Crippen LogP contribution is 2.05. The van der Waals surface area contributed by atoms with Crippen LogP contribution in [0, 0.1) is 0 Å². The minimum Gasteiger partial charge on any atom is -0.462 e. The monoisotopic (exact) mass is 170 g/mol. The molecule has 0 aliphatic carbocycles. The van der Waals surface area contributed by atoms with Crippen LogP contribution in [0.4, 0.5) is 13.2 Å². The van der Waals surface area contributed by atoms with Crippen LogP contribution in [-0.2, 0) is 9.53 Å². The van der Waals surface area contributed by atoms with Gasteiger partial charge in [0.2, 0.25) is 0 Å². The molecule has 0 aliphatic rings. The van der Waals surface area contributed by atoms with Gasteiger partial charge in [0.05, 0.1) is 0 Å². The predicted octanol–water partition coefficient (Wildman–Crippen LogP) is 1.54. The molecular weight excluding hydrogens is 161 g/mol. The van der Waals surface area contributed by atoms with E-state index in [1.165, 1.54) is 6.92 Å². The van der Waals surface area contributed by atoms with Gasteiger partial charge in [-0.2, -0.15) is 0 Å². The number of rotatable bonds is 4. The molecule has 0 amide bonds. The molecule has 1 atom stereocenters. The van der Waals surface area contributed by atoms with Crippen LogP contribution in [0.2, 0.25) is 0 Å². The lowest BCUT2D eigenvalue weighted by molar-refractivity contribution is -0.146. The summed E-state index contributed by atoms with van der Waals surface area (Å²) in [4.78, 5) is 10.3. The van der Waals surface area contributed by atoms with Gasteiger partial charge in [-0.05, 0) is 0 Å². The summed E-state index contributed by atoms with van der Waals surface area (Å²) >= 11 is 0. The number of carbonyl (C=O) groups is 1. The Morgan fingerprint density at radius 1 is 1.45 bits per heavy atom. The van der Waals surface area contributed by atoms with Crippen molar-refractivity contribution in [1.29, 1.82) is 0 Å². The lowest BCUT2D eigenvalue weighted by atomic mass is 10.4. The first kappa shape index (κ1) is 10.3. The third-order valence-electron chi connectivity index (χ3n) is 0.966. The van der Waals surface area contributed by atoms with E-state index in [1.807, 2.05) is 0 Å². The zero-order valence-electron chi connectivity index (χ0n) is 6.02. The number of esters is 1. The maximum atomic E-state index is 12.0. The number of hydrogen-bond donors (Lipinski definition) is 0. The summed E-state index contributed by atoms with van der Waals surface area (Å²) in [6.45, 7) is 0.641. The molecule has 0 fully saturated rings. The van der Waals surface area contributed by atoms with E-state index in [0.29, 0.717) is 0 Å². The maximum absolute atomic E-state index is 12.0. The Hall–Kier alpha value is -0.740. The highest BCUT2D eigenvalue weighted by atomic mass is 19.3. The van der Waals surface area contributed by atoms with Crippen molar-refractivity contribution in [3.8, 4) is 0 Å². The third kappa shape index (κ3) is 4.64. The molecule has 0 rings (SSSR count). The van der Waals surface area contributed by atoms with Crippen LogP contribution in [0.1, 0.15) is 13.3 Å². The van der Waals surface area contributed by atoms with Gasteiger partial charge in [0.1, 0.15) is 6.61 Å². The van der Waals surface area contributed by atoms with E-state index in [4.69, 9.17) is 0 Å². The predicted molar refractivity (Wildman–Crippen MR) is 32.1 cm³/mol. The Bertz CT molecular complexity index is 127. The lowest BCUT2D eigenvalue weighted by Crippen LogP contribution is -2.21. The molecule has 5 heteroatoms. The minimum absolute atomic E-state index is 0.0654. The first-order valence-corrected chi connectivity index (χ1v) is 3.15. The Labute approximate surface area is 62.3 Å². The number of alkyl halides is 3. The van der Waals surface area contributed by atoms with Crippen LogP contribution in [0.15, 0.2) is 0 Å². The topological polar surface area (TPSA) is 26.3 Å². The average Bonchev–Trinajstić information content (AvgIpc) is 1.99. The molecule has 0 N–H and O–H groups in total. The first-order chi connectivity index (χ1) is 5.07. The van der Waals surface area contributed by atoms with Gasteiger partial charge in [-0.1, -0.05) is 6.92 Å². The molecule has 11 heavy (non-hydrogen) atoms. The molecule has 0 spiro atoms. The van der Waals surface area contributed by atoms with Gasteiger partial charge < -0.3 is 4.74 Å². The Morgan fingerprint density at radius 2 is 2.00 bits per heavy atom. The van der Waals surface area contributed by atoms with E-state index in [1.54, 1.807) is 0 Å². The largest absolute Gasteiger partial charge is 0.462 e. The number of carbonyl (C=O) groups excluding carboxylic acids is 1. The van der Waals surface area contributed by atoms with Crippen molar-refractivity contribution < 1.29 is 22.7 Å². The first-order valence-electron chi connectivity index (χ1n) is 3.15. The second kappa shape index (κ2) is 4.98. The van der Waals surface area contributed by atoms with E-state index >= 15 is 0 Å². The molecule has 0 saturated carbocycles. The van der Waals surface area contributed by atoms with Crippen LogP contribution < -0.4 is 0 Å². The van der Waals surface area contributed by atoms with E-state index in [-0.39, 0.29) is 6.42 Å². The van der Waals surface area contributed by atoms with E-state index in [2.05, 4.69) is 4.74 Å². The summed E-state index contributed by atoms with van der Waals surface area (Å²) in [6.07, 6.45) is -5.39. The van der Waals surface area contributed by atoms with Gasteiger partial charge in [0, 0.05) is 6.42 Å². The number of hydrogen-bond acceptors (Lipinski definition) is 2. The third-order valence-corrected chi connectivity index (χ3v) is 0.966. The molecule has 0 heterocycles. The van der Waals surface area contributed by atoms with Crippen molar-refractivity contribution >= 4 is 5.97 Å². The fourth-order valence-electron chi connectivity index (χ4n) is 0.347. The van der Waals surface area contributed by atoms with Crippen LogP contribution >= 0.6 is 0 Å². The summed E-state index contributed by atoms with van der Waals surface area (Å²) in [5, 5.41) is 0. The number of ether oxygens (including phenoxy) is 1. The van der Waals surface area contributed by atoms with Crippen LogP contribution in [0.25, 0.3) is 0 Å². The Kier molecular flexibility index (Phi) is 4.65. The van der Waals surface area contributed by atoms with E-state index in [0.717, 1.165) is 0 Å². The molecule has 0 aromatic heterocycles. The van der Waals surface area contributed by atoms with Crippen molar-refractivity contribution in [2.45, 2.75) is 25.9 Å². The molecule has 66 valence electrons. The Balaban J connectivity index is 3.45. The molecular formula is C6H9F3O2. The SMILES string of the molecule is CCC(=O)OCC(F)C(F)F. The number of halogens is 3. The zero-order chi connectivity index (χ0) is 8.85.